The first-order valence-electron chi connectivity index (χ1n) is 6.58. The van der Waals surface area contributed by atoms with Gasteiger partial charge in [-0.25, -0.2) is 26.3 Å². The zero-order chi connectivity index (χ0) is 19.8. The number of benzene rings is 1. The molecule has 3 nitrogen and oxygen atoms in total. The van der Waals surface area contributed by atoms with Gasteiger partial charge >= 0.3 is 0 Å². The topological polar surface area (TPSA) is 71.4 Å². The molecular formula is C17H3F6N3. The van der Waals surface area contributed by atoms with Crippen LogP contribution in [0.15, 0.2) is 5.83 Å². The van der Waals surface area contributed by atoms with Crippen molar-refractivity contribution in [2.24, 2.45) is 11.8 Å². The number of nitrogens with zero attached hydrogens (tertiary/aromatic N) is 3. The zero-order valence-electron chi connectivity index (χ0n) is 12.3. The van der Waals surface area contributed by atoms with Crippen LogP contribution >= 0.6 is 0 Å². The van der Waals surface area contributed by atoms with E-state index >= 15 is 0 Å². The summed E-state index contributed by atoms with van der Waals surface area (Å²) in [5, 5.41) is 23.2. The molecule has 0 amide bonds. The lowest BCUT2D eigenvalue weighted by molar-refractivity contribution is 0.426. The minimum absolute atomic E-state index is 1.07. The fraction of sp³-hybridized carbons (Fsp3) is 0.118. The Morgan fingerprint density at radius 3 is 1.92 bits per heavy atom. The van der Waals surface area contributed by atoms with Gasteiger partial charge in [-0.2, -0.15) is 15.8 Å². The van der Waals surface area contributed by atoms with Crippen LogP contribution in [0.1, 0.15) is 5.56 Å². The van der Waals surface area contributed by atoms with E-state index in [1.54, 1.807) is 5.92 Å². The smallest absolute Gasteiger partial charge is 0.171 e. The molecule has 1 aliphatic rings. The Kier molecular flexibility index (Phi) is 4.78. The normalized spacial score (nSPS) is 17.0. The monoisotopic (exact) mass is 363 g/mol. The van der Waals surface area contributed by atoms with Crippen molar-refractivity contribution in [3.63, 3.8) is 0 Å². The highest BCUT2D eigenvalue weighted by Gasteiger charge is 2.40. The molecule has 1 aliphatic carbocycles. The summed E-state index contributed by atoms with van der Waals surface area (Å²) in [6, 6.07) is 3.55. The Morgan fingerprint density at radius 1 is 0.885 bits per heavy atom. The van der Waals surface area contributed by atoms with Gasteiger partial charge in [0.15, 0.2) is 17.5 Å². The van der Waals surface area contributed by atoms with Crippen LogP contribution < -0.4 is 10.4 Å². The highest BCUT2D eigenvalue weighted by atomic mass is 19.2. The second kappa shape index (κ2) is 6.67. The largest absolute Gasteiger partial charge is 0.210 e. The van der Waals surface area contributed by atoms with Crippen LogP contribution in [0.25, 0.3) is 17.2 Å². The molecule has 1 aromatic rings. The fourth-order valence-electron chi connectivity index (χ4n) is 2.46. The van der Waals surface area contributed by atoms with Gasteiger partial charge in [-0.1, -0.05) is 5.92 Å². The quantitative estimate of drug-likeness (QED) is 0.437. The Bertz CT molecular complexity index is 1120. The SMILES string of the molecule is C#C/C(C#N)=c1\c(F)c(F)c2c(c1F)C(F)=C(F)C(C(C#N)C#N)C=2F. The van der Waals surface area contributed by atoms with Crippen LogP contribution in [-0.4, -0.2) is 0 Å². The summed E-state index contributed by atoms with van der Waals surface area (Å²) in [6.45, 7) is 0. The lowest BCUT2D eigenvalue weighted by Gasteiger charge is -2.21. The number of rotatable bonds is 1. The lowest BCUT2D eigenvalue weighted by Crippen LogP contribution is -2.35. The van der Waals surface area contributed by atoms with Crippen LogP contribution in [0.2, 0.25) is 0 Å². The lowest BCUT2D eigenvalue weighted by atomic mass is 9.85. The molecule has 2 rings (SSSR count). The molecule has 26 heavy (non-hydrogen) atoms. The molecule has 1 unspecified atom stereocenters. The Morgan fingerprint density at radius 2 is 1.46 bits per heavy atom. The molecule has 0 fully saturated rings. The molecule has 0 aliphatic heterocycles. The number of hydrogen-bond donors (Lipinski definition) is 0. The summed E-state index contributed by atoms with van der Waals surface area (Å²) < 4.78 is 85.8. The van der Waals surface area contributed by atoms with E-state index in [4.69, 9.17) is 22.2 Å². The van der Waals surface area contributed by atoms with Gasteiger partial charge in [0.25, 0.3) is 0 Å². The first-order chi connectivity index (χ1) is 12.3. The van der Waals surface area contributed by atoms with E-state index in [9.17, 15) is 26.3 Å². The molecule has 0 bridgehead atoms. The molecule has 0 N–H and O–H groups in total. The van der Waals surface area contributed by atoms with Crippen molar-refractivity contribution in [1.82, 2.24) is 0 Å². The second-order valence-corrected chi connectivity index (χ2v) is 4.92. The summed E-state index contributed by atoms with van der Waals surface area (Å²) in [6.07, 6.45) is 4.87. The highest BCUT2D eigenvalue weighted by Crippen LogP contribution is 2.39. The molecule has 0 heterocycles. The van der Waals surface area contributed by atoms with Crippen molar-refractivity contribution in [3.05, 3.63) is 39.3 Å². The van der Waals surface area contributed by atoms with E-state index < -0.39 is 68.3 Å². The third kappa shape index (κ3) is 2.39. The third-order valence-electron chi connectivity index (χ3n) is 3.65. The molecule has 0 spiro atoms. The molecule has 0 radical (unpaired) electrons. The number of fused-ring (bicyclic) bond motifs is 1. The van der Waals surface area contributed by atoms with Crippen molar-refractivity contribution < 1.29 is 26.3 Å². The predicted octanol–water partition coefficient (Wildman–Crippen LogP) is 2.39. The Labute approximate surface area is 142 Å². The third-order valence-corrected chi connectivity index (χ3v) is 3.65. The summed E-state index contributed by atoms with van der Waals surface area (Å²) in [5.74, 6) is -15.4. The number of allylic oxidation sites excluding steroid dienone is 1. The van der Waals surface area contributed by atoms with E-state index in [2.05, 4.69) is 0 Å². The Balaban J connectivity index is 3.20. The van der Waals surface area contributed by atoms with Crippen molar-refractivity contribution >= 4 is 17.2 Å². The van der Waals surface area contributed by atoms with Crippen molar-refractivity contribution in [3.8, 4) is 30.6 Å². The summed E-state index contributed by atoms with van der Waals surface area (Å²) in [4.78, 5) is 0. The number of halogens is 6. The van der Waals surface area contributed by atoms with Crippen LogP contribution in [0, 0.1) is 75.6 Å². The number of nitriles is 3. The van der Waals surface area contributed by atoms with E-state index in [1.807, 2.05) is 0 Å². The van der Waals surface area contributed by atoms with Gasteiger partial charge < -0.3 is 0 Å². The van der Waals surface area contributed by atoms with Crippen LogP contribution in [0.5, 0.6) is 0 Å². The average molecular weight is 363 g/mol. The Hall–Kier alpha value is -3.69. The summed E-state index contributed by atoms with van der Waals surface area (Å²) >= 11 is 0. The zero-order valence-corrected chi connectivity index (χ0v) is 12.3. The molecule has 1 atom stereocenters. The van der Waals surface area contributed by atoms with E-state index in [0.717, 1.165) is 0 Å². The van der Waals surface area contributed by atoms with Gasteiger partial charge in [0.1, 0.15) is 35.0 Å². The van der Waals surface area contributed by atoms with Crippen LogP contribution in [0.3, 0.4) is 0 Å². The van der Waals surface area contributed by atoms with Gasteiger partial charge in [0, 0.05) is 0 Å². The molecule has 0 saturated carbocycles. The van der Waals surface area contributed by atoms with Crippen LogP contribution in [0.4, 0.5) is 26.3 Å². The predicted molar refractivity (Wildman–Crippen MR) is 75.3 cm³/mol. The van der Waals surface area contributed by atoms with E-state index in [1.165, 1.54) is 18.2 Å². The van der Waals surface area contributed by atoms with Gasteiger partial charge in [-0.3, -0.25) is 0 Å². The molecule has 128 valence electrons. The summed E-state index contributed by atoms with van der Waals surface area (Å²) in [7, 11) is 0. The van der Waals surface area contributed by atoms with Crippen LogP contribution in [-0.2, 0) is 0 Å². The maximum atomic E-state index is 14.5. The van der Waals surface area contributed by atoms with Gasteiger partial charge in [0.2, 0.25) is 0 Å². The summed E-state index contributed by atoms with van der Waals surface area (Å²) in [5.41, 5.74) is -2.69. The maximum absolute atomic E-state index is 14.5. The average Bonchev–Trinajstić information content (AvgIpc) is 2.63. The molecular weight excluding hydrogens is 360 g/mol. The molecule has 9 heteroatoms. The highest BCUT2D eigenvalue weighted by molar-refractivity contribution is 5.77. The first kappa shape index (κ1) is 18.6. The number of terminal acetylenes is 1. The second-order valence-electron chi connectivity index (χ2n) is 4.92. The molecule has 0 saturated heterocycles. The van der Waals surface area contributed by atoms with Gasteiger partial charge in [-0.15, -0.1) is 6.42 Å². The minimum atomic E-state index is -2.50. The van der Waals surface area contributed by atoms with Gasteiger partial charge in [0.05, 0.1) is 34.1 Å². The van der Waals surface area contributed by atoms with E-state index in [-0.39, 0.29) is 0 Å². The molecule has 0 aromatic heterocycles. The standard InChI is InChI=1S/C17H3F6N3/c1-2-6(3-24)8-12(18)10-11(16(22)14(8)20)13(19)9(7(4-25)5-26)15(21)17(10)23/h1,7,9H/b8-6+. The van der Waals surface area contributed by atoms with Crippen molar-refractivity contribution in [1.29, 1.82) is 15.8 Å². The van der Waals surface area contributed by atoms with E-state index in [0.29, 0.717) is 0 Å². The fourth-order valence-corrected chi connectivity index (χ4v) is 2.46. The molecule has 1 aromatic carbocycles. The maximum Gasteiger partial charge on any atom is 0.171 e. The van der Waals surface area contributed by atoms with Gasteiger partial charge in [-0.05, 0) is 0 Å². The minimum Gasteiger partial charge on any atom is -0.210 e. The van der Waals surface area contributed by atoms with Crippen molar-refractivity contribution in [2.45, 2.75) is 0 Å². The first-order valence-corrected chi connectivity index (χ1v) is 6.58. The number of hydrogen-bond acceptors (Lipinski definition) is 3. The van der Waals surface area contributed by atoms with Crippen molar-refractivity contribution in [2.75, 3.05) is 0 Å².